The molecule has 8 nitrogen and oxygen atoms in total. The number of benzene rings is 1. The molecule has 3 rings (SSSR count). The van der Waals surface area contributed by atoms with E-state index >= 15 is 0 Å². The van der Waals surface area contributed by atoms with E-state index in [9.17, 15) is 0 Å². The molecule has 0 spiro atoms. The van der Waals surface area contributed by atoms with Crippen LogP contribution in [0, 0.1) is 5.41 Å². The molecule has 0 radical (unpaired) electrons. The minimum absolute atomic E-state index is 0. The Morgan fingerprint density at radius 1 is 1.18 bits per heavy atom. The number of rotatable bonds is 7. The van der Waals surface area contributed by atoms with Gasteiger partial charge < -0.3 is 26.6 Å². The number of nitrogens with two attached hydrogens (primary N) is 1. The van der Waals surface area contributed by atoms with Crippen molar-refractivity contribution in [2.45, 2.75) is 36.1 Å². The van der Waals surface area contributed by atoms with E-state index in [0.717, 1.165) is 43.1 Å². The van der Waals surface area contributed by atoms with E-state index in [1.165, 1.54) is 0 Å². The van der Waals surface area contributed by atoms with Gasteiger partial charge in [0.05, 0.1) is 5.71 Å². The topological polar surface area (TPSA) is 107 Å². The summed E-state index contributed by atoms with van der Waals surface area (Å²) in [6.07, 6.45) is 1.96. The summed E-state index contributed by atoms with van der Waals surface area (Å²) < 4.78 is 1.85. The lowest BCUT2D eigenvalue weighted by Crippen LogP contribution is -2.44. The average molecular weight is 463 g/mol. The smallest absolute Gasteiger partial charge is 0.127 e. The van der Waals surface area contributed by atoms with E-state index < -0.39 is 0 Å². The molecule has 0 bridgehead atoms. The van der Waals surface area contributed by atoms with Crippen LogP contribution in [-0.4, -0.2) is 62.3 Å². The first-order valence-corrected chi connectivity index (χ1v) is 10.5. The molecule has 1 aromatic carbocycles. The molecule has 2 aromatic rings. The molecule has 1 aliphatic heterocycles. The summed E-state index contributed by atoms with van der Waals surface area (Å²) in [6.45, 7) is 8.50. The van der Waals surface area contributed by atoms with Gasteiger partial charge in [-0.25, -0.2) is 0 Å². The van der Waals surface area contributed by atoms with Gasteiger partial charge in [0.1, 0.15) is 11.5 Å². The monoisotopic (exact) mass is 462 g/mol. The highest BCUT2D eigenvalue weighted by molar-refractivity contribution is 6.13. The lowest BCUT2D eigenvalue weighted by molar-refractivity contribution is 0.572. The van der Waals surface area contributed by atoms with Gasteiger partial charge in [-0.05, 0) is 30.3 Å². The number of piperazine rings is 1. The maximum absolute atomic E-state index is 8.74. The van der Waals surface area contributed by atoms with Crippen molar-refractivity contribution in [2.24, 2.45) is 7.05 Å². The van der Waals surface area contributed by atoms with Crippen LogP contribution in [0.3, 0.4) is 0 Å². The highest BCUT2D eigenvalue weighted by Gasteiger charge is 2.19. The maximum Gasteiger partial charge on any atom is 0.127 e. The van der Waals surface area contributed by atoms with Crippen LogP contribution < -0.4 is 26.6 Å². The van der Waals surface area contributed by atoms with E-state index in [-0.39, 0.29) is 23.7 Å². The Morgan fingerprint density at radius 2 is 1.82 bits per heavy atom. The first kappa shape index (κ1) is 32.3. The predicted octanol–water partition coefficient (Wildman–Crippen LogP) is 3.79. The summed E-state index contributed by atoms with van der Waals surface area (Å²) in [7, 11) is 5.71. The van der Waals surface area contributed by atoms with Crippen LogP contribution in [0.5, 0.6) is 0 Å². The third kappa shape index (κ3) is 7.91. The van der Waals surface area contributed by atoms with Crippen LogP contribution in [0.4, 0.5) is 11.5 Å². The molecule has 2 heterocycles. The second-order valence-electron chi connectivity index (χ2n) is 6.91. The average Bonchev–Trinajstić information content (AvgIpc) is 3.17. The quantitative estimate of drug-likeness (QED) is 0.317. The molecule has 0 saturated carbocycles. The van der Waals surface area contributed by atoms with Crippen LogP contribution in [0.15, 0.2) is 30.5 Å². The van der Waals surface area contributed by atoms with Gasteiger partial charge >= 0.3 is 0 Å². The number of hydrogen-bond acceptors (Lipinski definition) is 7. The molecule has 0 unspecified atom stereocenters. The maximum atomic E-state index is 8.74. The van der Waals surface area contributed by atoms with E-state index in [2.05, 4.69) is 25.9 Å². The number of nitrogens with one attached hydrogen (secondary N) is 4. The third-order valence-corrected chi connectivity index (χ3v) is 4.93. The minimum Gasteiger partial charge on any atom is -0.398 e. The van der Waals surface area contributed by atoms with E-state index in [1.54, 1.807) is 0 Å². The van der Waals surface area contributed by atoms with Gasteiger partial charge in [0.25, 0.3) is 0 Å². The van der Waals surface area contributed by atoms with Gasteiger partial charge in [-0.2, -0.15) is 5.10 Å². The number of aryl methyl sites for hydroxylation is 1. The fourth-order valence-electron chi connectivity index (χ4n) is 3.48. The molecule has 1 saturated heterocycles. The van der Waals surface area contributed by atoms with Crippen molar-refractivity contribution >= 4 is 22.8 Å². The van der Waals surface area contributed by atoms with Crippen molar-refractivity contribution < 1.29 is 1.43 Å². The molecule has 0 aliphatic carbocycles. The fraction of sp³-hybridized carbons (Fsp3) is 0.520. The molecule has 8 heteroatoms. The Balaban J connectivity index is -0.00000156. The van der Waals surface area contributed by atoms with Crippen LogP contribution in [0.1, 0.15) is 54.4 Å². The van der Waals surface area contributed by atoms with Gasteiger partial charge in [-0.3, -0.25) is 10.1 Å². The number of aromatic nitrogens is 2. The van der Waals surface area contributed by atoms with Crippen molar-refractivity contribution in [3.63, 3.8) is 0 Å². The van der Waals surface area contributed by atoms with E-state index in [4.69, 9.17) is 11.1 Å². The predicted molar refractivity (Wildman–Crippen MR) is 150 cm³/mol. The SMILES string of the molecule is C.C.C.CC.CN/C=C(\CNC)c1ccc(N)c(C(=N)c2cc(N3CCNCC3)n(C)n2)c1.[HH]. The summed E-state index contributed by atoms with van der Waals surface area (Å²) >= 11 is 0. The summed E-state index contributed by atoms with van der Waals surface area (Å²) in [4.78, 5) is 2.29. The van der Waals surface area contributed by atoms with Gasteiger partial charge in [-0.1, -0.05) is 42.2 Å². The fourth-order valence-corrected chi connectivity index (χ4v) is 3.48. The molecule has 0 amide bonds. The van der Waals surface area contributed by atoms with Gasteiger partial charge in [0.15, 0.2) is 0 Å². The highest BCUT2D eigenvalue weighted by Crippen LogP contribution is 2.24. The van der Waals surface area contributed by atoms with Gasteiger partial charge in [-0.15, -0.1) is 0 Å². The first-order valence-electron chi connectivity index (χ1n) is 10.5. The second kappa shape index (κ2) is 15.9. The van der Waals surface area contributed by atoms with Crippen molar-refractivity contribution in [1.82, 2.24) is 25.7 Å². The van der Waals surface area contributed by atoms with Gasteiger partial charge in [0.2, 0.25) is 0 Å². The van der Waals surface area contributed by atoms with Gasteiger partial charge in [0, 0.05) is 71.8 Å². The number of nitrogens with zero attached hydrogens (tertiary/aromatic N) is 3. The number of nitrogen functional groups attached to an aromatic ring is 1. The minimum atomic E-state index is 0. The summed E-state index contributed by atoms with van der Waals surface area (Å²) in [5, 5.41) is 22.9. The number of hydrogen-bond donors (Lipinski definition) is 5. The van der Waals surface area contributed by atoms with Crippen LogP contribution >= 0.6 is 0 Å². The van der Waals surface area contributed by atoms with Crippen molar-refractivity contribution in [2.75, 3.05) is 57.5 Å². The largest absolute Gasteiger partial charge is 0.398 e. The molecule has 1 aromatic heterocycles. The Labute approximate surface area is 203 Å². The summed E-state index contributed by atoms with van der Waals surface area (Å²) in [5.41, 5.74) is 10.6. The van der Waals surface area contributed by atoms with Crippen LogP contribution in [0.2, 0.25) is 0 Å². The zero-order chi connectivity index (χ0) is 22.1. The van der Waals surface area contributed by atoms with Crippen LogP contribution in [0.25, 0.3) is 5.57 Å². The second-order valence-corrected chi connectivity index (χ2v) is 6.91. The normalized spacial score (nSPS) is 12.9. The van der Waals surface area contributed by atoms with Crippen molar-refractivity contribution in [3.8, 4) is 0 Å². The molecular formula is C25H50N8. The molecule has 6 N–H and O–H groups in total. The Hall–Kier alpha value is -2.84. The van der Waals surface area contributed by atoms with E-state index in [0.29, 0.717) is 29.2 Å². The molecular weight excluding hydrogens is 412 g/mol. The standard InChI is InChI=1S/C20H30N8.C2H6.3CH4.H2/c1-23-12-15(13-24-2)14-4-5-17(21)16(10-14)20(22)18-11-19(27(3)26-18)28-8-6-25-7-9-28;1-2;;;;/h4-5,10-12,22-25H,6-9,13,21H2,1-3H3;1-2H3;3*1H4;1H/b15-12+,22-20?;;;;;. The molecule has 1 fully saturated rings. The number of anilines is 2. The third-order valence-electron chi connectivity index (χ3n) is 4.93. The Morgan fingerprint density at radius 3 is 2.39 bits per heavy atom. The molecule has 33 heavy (non-hydrogen) atoms. The zero-order valence-corrected chi connectivity index (χ0v) is 18.8. The van der Waals surface area contributed by atoms with E-state index in [1.807, 2.05) is 70.1 Å². The molecule has 0 atom stereocenters. The van der Waals surface area contributed by atoms with Crippen molar-refractivity contribution in [1.29, 1.82) is 5.41 Å². The summed E-state index contributed by atoms with van der Waals surface area (Å²) in [6, 6.07) is 7.80. The number of likely N-dealkylation sites (N-methyl/N-ethyl adjacent to an activating group) is 1. The first-order chi connectivity index (χ1) is 14.5. The molecule has 1 aliphatic rings. The summed E-state index contributed by atoms with van der Waals surface area (Å²) in [5.74, 6) is 1.03. The lowest BCUT2D eigenvalue weighted by atomic mass is 9.98. The van der Waals surface area contributed by atoms with Crippen molar-refractivity contribution in [3.05, 3.63) is 47.3 Å². The van der Waals surface area contributed by atoms with Crippen LogP contribution in [-0.2, 0) is 7.05 Å². The molecule has 190 valence electrons. The lowest BCUT2D eigenvalue weighted by Gasteiger charge is -2.28. The Kier molecular flexibility index (Phi) is 15.6. The highest BCUT2D eigenvalue weighted by atomic mass is 15.4. The Bertz CT molecular complexity index is 870. The zero-order valence-electron chi connectivity index (χ0n) is 18.8.